The van der Waals surface area contributed by atoms with Gasteiger partial charge in [-0.1, -0.05) is 51.8 Å². The van der Waals surface area contributed by atoms with Gasteiger partial charge in [0.2, 0.25) is 5.91 Å². The summed E-state index contributed by atoms with van der Waals surface area (Å²) in [6.07, 6.45) is 3.55. The van der Waals surface area contributed by atoms with Gasteiger partial charge in [-0.3, -0.25) is 19.3 Å². The molecule has 0 atom stereocenters. The number of hydrogen-bond acceptors (Lipinski definition) is 5. The van der Waals surface area contributed by atoms with Crippen LogP contribution < -0.4 is 5.32 Å². The number of imide groups is 1. The van der Waals surface area contributed by atoms with Crippen molar-refractivity contribution in [2.75, 3.05) is 0 Å². The van der Waals surface area contributed by atoms with E-state index in [0.717, 1.165) is 37.6 Å². The van der Waals surface area contributed by atoms with Gasteiger partial charge in [0.15, 0.2) is 0 Å². The molecule has 5 rings (SSSR count). The highest BCUT2D eigenvalue weighted by Crippen LogP contribution is 2.36. The lowest BCUT2D eigenvalue weighted by molar-refractivity contribution is -0.123. The van der Waals surface area contributed by atoms with E-state index < -0.39 is 0 Å². The van der Waals surface area contributed by atoms with Crippen LogP contribution in [0.2, 0.25) is 5.02 Å². The van der Waals surface area contributed by atoms with Crippen molar-refractivity contribution >= 4 is 84.7 Å². The molecule has 0 spiro atoms. The van der Waals surface area contributed by atoms with Crippen LogP contribution in [0.1, 0.15) is 16.0 Å². The van der Waals surface area contributed by atoms with Gasteiger partial charge < -0.3 is 9.88 Å². The molecule has 1 fully saturated rings. The first kappa shape index (κ1) is 24.8. The number of nitrogens with zero attached hydrogens (tertiary/aromatic N) is 2. The van der Waals surface area contributed by atoms with Gasteiger partial charge in [0.05, 0.1) is 18.0 Å². The van der Waals surface area contributed by atoms with Crippen molar-refractivity contribution in [2.24, 2.45) is 0 Å². The number of carbonyl (C=O) groups excluding carboxylic acids is 3. The molecule has 1 aliphatic heterocycles. The minimum atomic E-state index is -0.366. The lowest BCUT2D eigenvalue weighted by atomic mass is 10.1. The average molecular weight is 601 g/mol. The Morgan fingerprint density at radius 2 is 1.94 bits per heavy atom. The molecule has 6 nitrogen and oxygen atoms in total. The molecule has 4 aromatic rings. The number of aromatic nitrogens is 1. The van der Waals surface area contributed by atoms with Crippen molar-refractivity contribution < 1.29 is 14.4 Å². The first-order chi connectivity index (χ1) is 17.4. The molecule has 0 saturated carbocycles. The summed E-state index contributed by atoms with van der Waals surface area (Å²) in [5.41, 5.74) is 2.31. The van der Waals surface area contributed by atoms with Crippen LogP contribution in [0.15, 0.2) is 75.6 Å². The number of carbonyl (C=O) groups is 3. The van der Waals surface area contributed by atoms with E-state index in [0.29, 0.717) is 22.0 Å². The third-order valence-electron chi connectivity index (χ3n) is 5.67. The van der Waals surface area contributed by atoms with Crippen LogP contribution in [0.25, 0.3) is 17.0 Å². The third-order valence-corrected chi connectivity index (χ3v) is 8.32. The number of fused-ring (bicyclic) bond motifs is 1. The second-order valence-corrected chi connectivity index (χ2v) is 11.4. The zero-order valence-corrected chi connectivity index (χ0v) is 22.7. The Morgan fingerprint density at radius 3 is 2.72 bits per heavy atom. The minimum Gasteiger partial charge on any atom is -0.350 e. The summed E-state index contributed by atoms with van der Waals surface area (Å²) < 4.78 is 2.72. The highest BCUT2D eigenvalue weighted by atomic mass is 79.9. The van der Waals surface area contributed by atoms with Crippen molar-refractivity contribution in [1.29, 1.82) is 0 Å². The van der Waals surface area contributed by atoms with Crippen LogP contribution in [0, 0.1) is 0 Å². The van der Waals surface area contributed by atoms with E-state index in [1.807, 2.05) is 52.5 Å². The first-order valence-corrected chi connectivity index (χ1v) is 13.8. The average Bonchev–Trinajstić information content (AvgIpc) is 3.55. The molecule has 1 N–H and O–H groups in total. The van der Waals surface area contributed by atoms with Crippen LogP contribution in [0.5, 0.6) is 0 Å². The summed E-state index contributed by atoms with van der Waals surface area (Å²) in [5.74, 6) is -0.482. The molecular formula is C26H19BrClN3O3S2. The molecule has 2 aromatic carbocycles. The predicted octanol–water partition coefficient (Wildman–Crippen LogP) is 6.67. The topological polar surface area (TPSA) is 71.4 Å². The minimum absolute atomic E-state index is 0.111. The van der Waals surface area contributed by atoms with Crippen LogP contribution in [0.3, 0.4) is 0 Å². The smallest absolute Gasteiger partial charge is 0.293 e. The van der Waals surface area contributed by atoms with Gasteiger partial charge in [-0.05, 0) is 59.1 Å². The van der Waals surface area contributed by atoms with E-state index in [1.54, 1.807) is 35.6 Å². The van der Waals surface area contributed by atoms with Gasteiger partial charge >= 0.3 is 0 Å². The van der Waals surface area contributed by atoms with Crippen LogP contribution in [0.4, 0.5) is 4.79 Å². The Balaban J connectivity index is 1.40. The molecule has 1 saturated heterocycles. The monoisotopic (exact) mass is 599 g/mol. The summed E-state index contributed by atoms with van der Waals surface area (Å²) >= 11 is 12.2. The second-order valence-electron chi connectivity index (χ2n) is 8.09. The zero-order valence-electron chi connectivity index (χ0n) is 18.7. The highest BCUT2D eigenvalue weighted by Gasteiger charge is 2.35. The number of amides is 3. The number of thiophene rings is 1. The van der Waals surface area contributed by atoms with Crippen molar-refractivity contribution in [3.8, 4) is 0 Å². The maximum absolute atomic E-state index is 13.1. The third kappa shape index (κ3) is 5.29. The fourth-order valence-corrected chi connectivity index (χ4v) is 5.96. The number of rotatable bonds is 7. The van der Waals surface area contributed by atoms with Gasteiger partial charge in [-0.2, -0.15) is 0 Å². The number of hydrogen-bond donors (Lipinski definition) is 1. The largest absolute Gasteiger partial charge is 0.350 e. The summed E-state index contributed by atoms with van der Waals surface area (Å²) in [4.78, 5) is 41.0. The summed E-state index contributed by atoms with van der Waals surface area (Å²) in [5, 5.41) is 5.95. The van der Waals surface area contributed by atoms with Gasteiger partial charge in [-0.25, -0.2) is 0 Å². The Kier molecular flexibility index (Phi) is 7.34. The SMILES string of the molecule is O=C(Cn1cc(/C=C2\SC(=O)N(Cc3ccccc3Cl)C2=O)c2cc(Br)ccc21)NCc1cccs1. The number of thioether (sulfide) groups is 1. The zero-order chi connectivity index (χ0) is 25.2. The quantitative estimate of drug-likeness (QED) is 0.241. The Hall–Kier alpha value is -2.85. The Bertz CT molecular complexity index is 1510. The molecule has 10 heteroatoms. The maximum atomic E-state index is 13.1. The van der Waals surface area contributed by atoms with Crippen LogP contribution >= 0.6 is 50.6 Å². The summed E-state index contributed by atoms with van der Waals surface area (Å²) in [7, 11) is 0. The predicted molar refractivity (Wildman–Crippen MR) is 149 cm³/mol. The fourth-order valence-electron chi connectivity index (χ4n) is 3.93. The molecule has 0 aliphatic carbocycles. The molecular weight excluding hydrogens is 582 g/mol. The molecule has 3 amide bonds. The molecule has 3 heterocycles. The highest BCUT2D eigenvalue weighted by molar-refractivity contribution is 9.10. The summed E-state index contributed by atoms with van der Waals surface area (Å²) in [6.45, 7) is 0.720. The maximum Gasteiger partial charge on any atom is 0.293 e. The molecule has 0 bridgehead atoms. The standard InChI is InChI=1S/C26H19BrClN3O3S2/c27-18-7-8-22-20(11-18)17(13-30(22)15-24(32)29-12-19-5-3-9-35-19)10-23-25(33)31(26(34)36-23)14-16-4-1-2-6-21(16)28/h1-11,13H,12,14-15H2,(H,29,32)/b23-10-. The van der Waals surface area contributed by atoms with E-state index >= 15 is 0 Å². The summed E-state index contributed by atoms with van der Waals surface area (Å²) in [6, 6.07) is 16.8. The van der Waals surface area contributed by atoms with Gasteiger partial charge in [0.1, 0.15) is 6.54 Å². The Labute approximate surface area is 229 Å². The van der Waals surface area contributed by atoms with Gasteiger partial charge in [0.25, 0.3) is 11.1 Å². The fraction of sp³-hybridized carbons (Fsp3) is 0.115. The number of benzene rings is 2. The van der Waals surface area contributed by atoms with E-state index in [2.05, 4.69) is 21.2 Å². The number of halogens is 2. The van der Waals surface area contributed by atoms with E-state index in [9.17, 15) is 14.4 Å². The normalized spacial score (nSPS) is 14.8. The van der Waals surface area contributed by atoms with Gasteiger partial charge in [0, 0.05) is 37.0 Å². The van der Waals surface area contributed by atoms with E-state index in [-0.39, 0.29) is 30.1 Å². The van der Waals surface area contributed by atoms with Gasteiger partial charge in [-0.15, -0.1) is 11.3 Å². The number of nitrogens with one attached hydrogen (secondary N) is 1. The molecule has 182 valence electrons. The molecule has 0 radical (unpaired) electrons. The second kappa shape index (κ2) is 10.6. The lowest BCUT2D eigenvalue weighted by Crippen LogP contribution is -2.27. The molecule has 36 heavy (non-hydrogen) atoms. The Morgan fingerprint density at radius 1 is 1.11 bits per heavy atom. The molecule has 1 aliphatic rings. The van der Waals surface area contributed by atoms with E-state index in [1.165, 1.54) is 4.90 Å². The van der Waals surface area contributed by atoms with Crippen molar-refractivity contribution in [1.82, 2.24) is 14.8 Å². The van der Waals surface area contributed by atoms with Crippen LogP contribution in [-0.4, -0.2) is 26.5 Å². The van der Waals surface area contributed by atoms with Crippen molar-refractivity contribution in [3.63, 3.8) is 0 Å². The molecule has 0 unspecified atom stereocenters. The van der Waals surface area contributed by atoms with Crippen molar-refractivity contribution in [2.45, 2.75) is 19.6 Å². The first-order valence-electron chi connectivity index (χ1n) is 11.0. The van der Waals surface area contributed by atoms with Crippen LogP contribution in [-0.2, 0) is 29.2 Å². The van der Waals surface area contributed by atoms with Crippen molar-refractivity contribution in [3.05, 3.63) is 96.6 Å². The van der Waals surface area contributed by atoms with E-state index in [4.69, 9.17) is 11.6 Å². The molecule has 2 aromatic heterocycles. The lowest BCUT2D eigenvalue weighted by Gasteiger charge is -2.13.